The molecule has 0 radical (unpaired) electrons. The second-order valence-electron chi connectivity index (χ2n) is 2.33. The lowest BCUT2D eigenvalue weighted by molar-refractivity contribution is -0.119. The number of hydrogen-bond acceptors (Lipinski definition) is 2. The van der Waals surface area contributed by atoms with Gasteiger partial charge in [0.2, 0.25) is 0 Å². The van der Waals surface area contributed by atoms with Gasteiger partial charge in [0, 0.05) is 5.02 Å². The maximum atomic E-state index is 10.4. The molecule has 3 nitrogen and oxygen atoms in total. The summed E-state index contributed by atoms with van der Waals surface area (Å²) in [6.07, 6.45) is 0. The Morgan fingerprint density at radius 1 is 1.62 bits per heavy atom. The summed E-state index contributed by atoms with van der Waals surface area (Å²) in [4.78, 5) is 10.4. The average molecular weight is 265 g/mol. The van der Waals surface area contributed by atoms with Gasteiger partial charge >= 0.3 is 0 Å². The number of benzene rings is 1. The van der Waals surface area contributed by atoms with E-state index in [1.807, 2.05) is 0 Å². The molecule has 13 heavy (non-hydrogen) atoms. The van der Waals surface area contributed by atoms with Crippen molar-refractivity contribution in [3.05, 3.63) is 27.7 Å². The van der Waals surface area contributed by atoms with Crippen molar-refractivity contribution < 1.29 is 9.53 Å². The number of carbonyl (C=O) groups is 1. The lowest BCUT2D eigenvalue weighted by Gasteiger charge is -2.05. The standard InChI is InChI=1S/C8H7BrClNO2/c9-6-3-5(10)1-2-7(6)13-4-8(11)12/h1-3H,4H2,(H2,11,12). The third-order valence-corrected chi connectivity index (χ3v) is 2.12. The molecule has 0 aliphatic rings. The summed E-state index contributed by atoms with van der Waals surface area (Å²) in [6.45, 7) is -0.139. The molecular weight excluding hydrogens is 257 g/mol. The van der Waals surface area contributed by atoms with E-state index >= 15 is 0 Å². The van der Waals surface area contributed by atoms with Gasteiger partial charge in [0.15, 0.2) is 6.61 Å². The van der Waals surface area contributed by atoms with E-state index in [-0.39, 0.29) is 6.61 Å². The zero-order chi connectivity index (χ0) is 9.84. The van der Waals surface area contributed by atoms with Crippen LogP contribution < -0.4 is 10.5 Å². The highest BCUT2D eigenvalue weighted by molar-refractivity contribution is 9.10. The molecule has 0 bridgehead atoms. The van der Waals surface area contributed by atoms with Crippen LogP contribution in [0.5, 0.6) is 5.75 Å². The first-order valence-corrected chi connectivity index (χ1v) is 4.63. The van der Waals surface area contributed by atoms with E-state index in [2.05, 4.69) is 15.9 Å². The molecule has 0 saturated carbocycles. The molecule has 0 aliphatic carbocycles. The molecule has 2 N–H and O–H groups in total. The smallest absolute Gasteiger partial charge is 0.255 e. The molecule has 0 saturated heterocycles. The summed E-state index contributed by atoms with van der Waals surface area (Å²) < 4.78 is 5.77. The summed E-state index contributed by atoms with van der Waals surface area (Å²) in [5, 5.41) is 0.596. The predicted octanol–water partition coefficient (Wildman–Crippen LogP) is 1.97. The Labute approximate surface area is 88.9 Å². The Kier molecular flexibility index (Phi) is 3.57. The normalized spacial score (nSPS) is 9.69. The molecule has 0 spiro atoms. The Bertz CT molecular complexity index is 330. The largest absolute Gasteiger partial charge is 0.483 e. The van der Waals surface area contributed by atoms with Crippen LogP contribution in [0.15, 0.2) is 22.7 Å². The maximum Gasteiger partial charge on any atom is 0.255 e. The second kappa shape index (κ2) is 4.48. The quantitative estimate of drug-likeness (QED) is 0.907. The molecule has 70 valence electrons. The number of hydrogen-bond donors (Lipinski definition) is 1. The first kappa shape index (κ1) is 10.3. The van der Waals surface area contributed by atoms with E-state index in [0.717, 1.165) is 0 Å². The molecule has 1 amide bonds. The summed E-state index contributed by atoms with van der Waals surface area (Å²) in [6, 6.07) is 5.01. The van der Waals surface area contributed by atoms with Gasteiger partial charge in [-0.3, -0.25) is 4.79 Å². The molecule has 0 unspecified atom stereocenters. The lowest BCUT2D eigenvalue weighted by atomic mass is 10.3. The highest BCUT2D eigenvalue weighted by atomic mass is 79.9. The molecule has 1 rings (SSSR count). The zero-order valence-electron chi connectivity index (χ0n) is 6.59. The van der Waals surface area contributed by atoms with Gasteiger partial charge in [-0.1, -0.05) is 11.6 Å². The number of nitrogens with two attached hydrogens (primary N) is 1. The Morgan fingerprint density at radius 2 is 2.31 bits per heavy atom. The fourth-order valence-corrected chi connectivity index (χ4v) is 1.54. The van der Waals surface area contributed by atoms with E-state index in [9.17, 15) is 4.79 Å². The van der Waals surface area contributed by atoms with Gasteiger partial charge in [0.1, 0.15) is 5.75 Å². The van der Waals surface area contributed by atoms with Crippen LogP contribution in [0.2, 0.25) is 5.02 Å². The van der Waals surface area contributed by atoms with Gasteiger partial charge in [-0.15, -0.1) is 0 Å². The Morgan fingerprint density at radius 3 is 2.85 bits per heavy atom. The minimum atomic E-state index is -0.512. The van der Waals surface area contributed by atoms with Gasteiger partial charge in [-0.2, -0.15) is 0 Å². The van der Waals surface area contributed by atoms with Gasteiger partial charge in [0.25, 0.3) is 5.91 Å². The number of ether oxygens (including phenoxy) is 1. The summed E-state index contributed by atoms with van der Waals surface area (Å²) >= 11 is 8.94. The third-order valence-electron chi connectivity index (χ3n) is 1.26. The molecule has 0 aromatic heterocycles. The first-order chi connectivity index (χ1) is 6.09. The van der Waals surface area contributed by atoms with E-state index in [1.54, 1.807) is 18.2 Å². The molecule has 5 heteroatoms. The van der Waals surface area contributed by atoms with E-state index in [4.69, 9.17) is 22.1 Å². The first-order valence-electron chi connectivity index (χ1n) is 3.46. The number of rotatable bonds is 3. The number of amides is 1. The topological polar surface area (TPSA) is 52.3 Å². The predicted molar refractivity (Wildman–Crippen MR) is 53.8 cm³/mol. The molecular formula is C8H7BrClNO2. The second-order valence-corrected chi connectivity index (χ2v) is 3.62. The van der Waals surface area contributed by atoms with Crippen LogP contribution in [0.25, 0.3) is 0 Å². The fourth-order valence-electron chi connectivity index (χ4n) is 0.741. The van der Waals surface area contributed by atoms with Crippen molar-refractivity contribution in [2.75, 3.05) is 6.61 Å². The summed E-state index contributed by atoms with van der Waals surface area (Å²) in [7, 11) is 0. The van der Waals surface area contributed by atoms with Crippen molar-refractivity contribution in [1.29, 1.82) is 0 Å². The minimum Gasteiger partial charge on any atom is -0.483 e. The molecule has 0 aliphatic heterocycles. The monoisotopic (exact) mass is 263 g/mol. The van der Waals surface area contributed by atoms with Gasteiger partial charge in [-0.05, 0) is 34.1 Å². The zero-order valence-corrected chi connectivity index (χ0v) is 8.93. The summed E-state index contributed by atoms with van der Waals surface area (Å²) in [5.41, 5.74) is 4.91. The van der Waals surface area contributed by atoms with Crippen LogP contribution in [-0.2, 0) is 4.79 Å². The van der Waals surface area contributed by atoms with Crippen molar-refractivity contribution in [3.8, 4) is 5.75 Å². The van der Waals surface area contributed by atoms with Crippen LogP contribution in [-0.4, -0.2) is 12.5 Å². The van der Waals surface area contributed by atoms with Crippen LogP contribution >= 0.6 is 27.5 Å². The van der Waals surface area contributed by atoms with E-state index in [1.165, 1.54) is 0 Å². The van der Waals surface area contributed by atoms with Crippen LogP contribution in [0.1, 0.15) is 0 Å². The van der Waals surface area contributed by atoms with E-state index < -0.39 is 5.91 Å². The van der Waals surface area contributed by atoms with Crippen molar-refractivity contribution >= 4 is 33.4 Å². The van der Waals surface area contributed by atoms with Gasteiger partial charge < -0.3 is 10.5 Å². The minimum absolute atomic E-state index is 0.139. The number of halogens is 2. The molecule has 1 aromatic carbocycles. The van der Waals surface area contributed by atoms with Crippen LogP contribution in [0, 0.1) is 0 Å². The molecule has 0 heterocycles. The Balaban J connectivity index is 2.72. The van der Waals surface area contributed by atoms with Crippen molar-refractivity contribution in [2.45, 2.75) is 0 Å². The van der Waals surface area contributed by atoms with Crippen LogP contribution in [0.4, 0.5) is 0 Å². The molecule has 0 fully saturated rings. The van der Waals surface area contributed by atoms with Crippen molar-refractivity contribution in [1.82, 2.24) is 0 Å². The highest BCUT2D eigenvalue weighted by Gasteiger charge is 2.02. The van der Waals surface area contributed by atoms with E-state index in [0.29, 0.717) is 15.2 Å². The van der Waals surface area contributed by atoms with Crippen molar-refractivity contribution in [2.24, 2.45) is 5.73 Å². The lowest BCUT2D eigenvalue weighted by Crippen LogP contribution is -2.20. The number of primary amides is 1. The maximum absolute atomic E-state index is 10.4. The molecule has 0 atom stereocenters. The SMILES string of the molecule is NC(=O)COc1ccc(Cl)cc1Br. The Hall–Kier alpha value is -0.740. The van der Waals surface area contributed by atoms with Gasteiger partial charge in [-0.25, -0.2) is 0 Å². The average Bonchev–Trinajstić information content (AvgIpc) is 2.02. The highest BCUT2D eigenvalue weighted by Crippen LogP contribution is 2.27. The fraction of sp³-hybridized carbons (Fsp3) is 0.125. The van der Waals surface area contributed by atoms with Crippen molar-refractivity contribution in [3.63, 3.8) is 0 Å². The number of carbonyl (C=O) groups excluding carboxylic acids is 1. The summed E-state index contributed by atoms with van der Waals surface area (Å²) in [5.74, 6) is 0.0325. The van der Waals surface area contributed by atoms with Gasteiger partial charge in [0.05, 0.1) is 4.47 Å². The molecule has 1 aromatic rings. The third kappa shape index (κ3) is 3.24. The van der Waals surface area contributed by atoms with Crippen LogP contribution in [0.3, 0.4) is 0 Å².